The van der Waals surface area contributed by atoms with Gasteiger partial charge in [0.2, 0.25) is 0 Å². The van der Waals surface area contributed by atoms with Crippen molar-refractivity contribution in [3.05, 3.63) is 0 Å². The highest BCUT2D eigenvalue weighted by Gasteiger charge is 2.55. The summed E-state index contributed by atoms with van der Waals surface area (Å²) >= 11 is 0. The molecule has 2 aliphatic rings. The van der Waals surface area contributed by atoms with Gasteiger partial charge in [0, 0.05) is 13.1 Å². The van der Waals surface area contributed by atoms with E-state index in [0.717, 1.165) is 0 Å². The third-order valence-electron chi connectivity index (χ3n) is 3.72. The zero-order valence-corrected chi connectivity index (χ0v) is 6.33. The molecule has 0 amide bonds. The predicted molar refractivity (Wildman–Crippen MR) is 38.3 cm³/mol. The van der Waals surface area contributed by atoms with Gasteiger partial charge in [-0.1, -0.05) is 13.8 Å². The molecule has 0 radical (unpaired) electrons. The van der Waals surface area contributed by atoms with Crippen LogP contribution in [0.1, 0.15) is 26.7 Å². The Morgan fingerprint density at radius 2 is 1.44 bits per heavy atom. The number of fused-ring (bicyclic) bond motifs is 1. The van der Waals surface area contributed by atoms with Crippen molar-refractivity contribution in [3.8, 4) is 0 Å². The highest BCUT2D eigenvalue weighted by Crippen LogP contribution is 2.58. The van der Waals surface area contributed by atoms with Gasteiger partial charge < -0.3 is 5.32 Å². The molecule has 1 N–H and O–H groups in total. The number of nitrogens with one attached hydrogen (secondary N) is 1. The third-order valence-corrected chi connectivity index (χ3v) is 3.72. The lowest BCUT2D eigenvalue weighted by Crippen LogP contribution is -2.45. The van der Waals surface area contributed by atoms with Gasteiger partial charge in [0.1, 0.15) is 0 Å². The van der Waals surface area contributed by atoms with Crippen LogP contribution in [0.15, 0.2) is 0 Å². The number of hydrogen-bond donors (Lipinski definition) is 1. The first-order chi connectivity index (χ1) is 4.16. The van der Waals surface area contributed by atoms with Crippen LogP contribution < -0.4 is 5.32 Å². The maximum Gasteiger partial charge on any atom is 0.00111 e. The average Bonchev–Trinajstić information content (AvgIpc) is 1.98. The first kappa shape index (κ1) is 5.72. The maximum absolute atomic E-state index is 3.47. The van der Waals surface area contributed by atoms with Gasteiger partial charge in [0.05, 0.1) is 0 Å². The molecule has 1 heteroatoms. The van der Waals surface area contributed by atoms with E-state index in [2.05, 4.69) is 19.2 Å². The monoisotopic (exact) mass is 125 g/mol. The van der Waals surface area contributed by atoms with Gasteiger partial charge in [-0.25, -0.2) is 0 Å². The van der Waals surface area contributed by atoms with Gasteiger partial charge in [0.15, 0.2) is 0 Å². The van der Waals surface area contributed by atoms with Crippen molar-refractivity contribution >= 4 is 0 Å². The Labute approximate surface area is 56.8 Å². The van der Waals surface area contributed by atoms with Crippen LogP contribution >= 0.6 is 0 Å². The molecule has 1 aliphatic carbocycles. The number of hydrogen-bond acceptors (Lipinski definition) is 1. The van der Waals surface area contributed by atoms with Gasteiger partial charge >= 0.3 is 0 Å². The van der Waals surface area contributed by atoms with Crippen LogP contribution in [0.3, 0.4) is 0 Å². The molecule has 1 saturated heterocycles. The Balaban J connectivity index is 2.26. The minimum atomic E-state index is 0.660. The molecule has 1 nitrogen and oxygen atoms in total. The van der Waals surface area contributed by atoms with Gasteiger partial charge in [-0.3, -0.25) is 0 Å². The lowest BCUT2D eigenvalue weighted by atomic mass is 9.53. The lowest BCUT2D eigenvalue weighted by molar-refractivity contribution is 0.00430. The van der Waals surface area contributed by atoms with E-state index in [-0.39, 0.29) is 0 Å². The van der Waals surface area contributed by atoms with Crippen LogP contribution in [0.5, 0.6) is 0 Å². The third kappa shape index (κ3) is 0.493. The summed E-state index contributed by atoms with van der Waals surface area (Å²) < 4.78 is 0. The quantitative estimate of drug-likeness (QED) is 0.516. The minimum Gasteiger partial charge on any atom is -0.316 e. The normalized spacial score (nSPS) is 56.7. The molecule has 0 aromatic heterocycles. The van der Waals surface area contributed by atoms with Crippen LogP contribution in [0, 0.1) is 10.8 Å². The average molecular weight is 125 g/mol. The Morgan fingerprint density at radius 1 is 1.00 bits per heavy atom. The second-order valence-electron chi connectivity index (χ2n) is 4.22. The molecule has 2 atom stereocenters. The van der Waals surface area contributed by atoms with Crippen LogP contribution in [0.2, 0.25) is 0 Å². The molecule has 2 rings (SSSR count). The van der Waals surface area contributed by atoms with Crippen LogP contribution in [-0.2, 0) is 0 Å². The molecule has 1 saturated carbocycles. The van der Waals surface area contributed by atoms with Gasteiger partial charge in [-0.15, -0.1) is 0 Å². The van der Waals surface area contributed by atoms with Crippen molar-refractivity contribution < 1.29 is 0 Å². The largest absolute Gasteiger partial charge is 0.316 e. The number of rotatable bonds is 0. The predicted octanol–water partition coefficient (Wildman–Crippen LogP) is 1.40. The molecule has 1 heterocycles. The lowest BCUT2D eigenvalue weighted by Gasteiger charge is -2.50. The summed E-state index contributed by atoms with van der Waals surface area (Å²) in [6.45, 7) is 7.33. The molecule has 1 aliphatic heterocycles. The van der Waals surface area contributed by atoms with E-state index in [4.69, 9.17) is 0 Å². The molecule has 0 aromatic carbocycles. The minimum absolute atomic E-state index is 0.660. The summed E-state index contributed by atoms with van der Waals surface area (Å²) in [5.41, 5.74) is 1.32. The Morgan fingerprint density at radius 3 is 1.67 bits per heavy atom. The fraction of sp³-hybridized carbons (Fsp3) is 1.00. The molecule has 2 fully saturated rings. The van der Waals surface area contributed by atoms with Crippen molar-refractivity contribution in [2.45, 2.75) is 26.7 Å². The Hall–Kier alpha value is -0.0400. The Bertz CT molecular complexity index is 128. The summed E-state index contributed by atoms with van der Waals surface area (Å²) in [6.07, 6.45) is 2.88. The maximum atomic E-state index is 3.47. The van der Waals surface area contributed by atoms with Gasteiger partial charge in [-0.05, 0) is 23.7 Å². The SMILES string of the molecule is CC12CCC1(C)CNC2. The van der Waals surface area contributed by atoms with E-state index in [1.165, 1.54) is 25.9 Å². The second-order valence-corrected chi connectivity index (χ2v) is 4.22. The van der Waals surface area contributed by atoms with Gasteiger partial charge in [0.25, 0.3) is 0 Å². The van der Waals surface area contributed by atoms with Crippen molar-refractivity contribution in [1.29, 1.82) is 0 Å². The van der Waals surface area contributed by atoms with Crippen molar-refractivity contribution in [1.82, 2.24) is 5.32 Å². The smallest absolute Gasteiger partial charge is 0.00111 e. The zero-order chi connectivity index (χ0) is 6.54. The zero-order valence-electron chi connectivity index (χ0n) is 6.33. The van der Waals surface area contributed by atoms with E-state index in [1.807, 2.05) is 0 Å². The summed E-state index contributed by atoms with van der Waals surface area (Å²) in [4.78, 5) is 0. The second kappa shape index (κ2) is 1.34. The van der Waals surface area contributed by atoms with E-state index < -0.39 is 0 Å². The Kier molecular flexibility index (Phi) is 0.852. The van der Waals surface area contributed by atoms with Crippen molar-refractivity contribution in [2.75, 3.05) is 13.1 Å². The van der Waals surface area contributed by atoms with E-state index in [0.29, 0.717) is 10.8 Å². The fourth-order valence-electron chi connectivity index (χ4n) is 2.20. The van der Waals surface area contributed by atoms with Crippen LogP contribution in [0.25, 0.3) is 0 Å². The van der Waals surface area contributed by atoms with E-state index in [1.54, 1.807) is 0 Å². The topological polar surface area (TPSA) is 12.0 Å². The molecular formula is C8H15N. The summed E-state index contributed by atoms with van der Waals surface area (Å²) in [7, 11) is 0. The van der Waals surface area contributed by atoms with Crippen molar-refractivity contribution in [3.63, 3.8) is 0 Å². The standard InChI is InChI=1S/C8H15N/c1-7-3-4-8(7,2)6-9-5-7/h9H,3-6H2,1-2H3. The first-order valence-electron chi connectivity index (χ1n) is 3.87. The summed E-state index contributed by atoms with van der Waals surface area (Å²) in [5, 5.41) is 3.47. The first-order valence-corrected chi connectivity index (χ1v) is 3.87. The molecule has 0 spiro atoms. The summed E-state index contributed by atoms with van der Waals surface area (Å²) in [5.74, 6) is 0. The van der Waals surface area contributed by atoms with E-state index >= 15 is 0 Å². The summed E-state index contributed by atoms with van der Waals surface area (Å²) in [6, 6.07) is 0. The molecule has 2 unspecified atom stereocenters. The highest BCUT2D eigenvalue weighted by atomic mass is 15.0. The van der Waals surface area contributed by atoms with E-state index in [9.17, 15) is 0 Å². The van der Waals surface area contributed by atoms with Gasteiger partial charge in [-0.2, -0.15) is 0 Å². The van der Waals surface area contributed by atoms with Crippen LogP contribution in [-0.4, -0.2) is 13.1 Å². The molecule has 0 aromatic rings. The van der Waals surface area contributed by atoms with Crippen LogP contribution in [0.4, 0.5) is 0 Å². The highest BCUT2D eigenvalue weighted by molar-refractivity contribution is 5.08. The fourth-order valence-corrected chi connectivity index (χ4v) is 2.20. The molecular weight excluding hydrogens is 110 g/mol. The van der Waals surface area contributed by atoms with Crippen molar-refractivity contribution in [2.24, 2.45) is 10.8 Å². The molecule has 9 heavy (non-hydrogen) atoms. The molecule has 52 valence electrons. The molecule has 0 bridgehead atoms.